The molecular weight excluding hydrogens is 533 g/mol. The molecule has 42 heavy (non-hydrogen) atoms. The number of oxazole rings is 1. The summed E-state index contributed by atoms with van der Waals surface area (Å²) in [6, 6.07) is 41.4. The number of fused-ring (bicyclic) bond motifs is 4. The van der Waals surface area contributed by atoms with Crippen molar-refractivity contribution in [3.8, 4) is 56.7 Å². The van der Waals surface area contributed by atoms with E-state index in [4.69, 9.17) is 24.4 Å². The van der Waals surface area contributed by atoms with Gasteiger partial charge in [-0.05, 0) is 51.8 Å². The van der Waals surface area contributed by atoms with E-state index in [0.29, 0.717) is 23.4 Å². The van der Waals surface area contributed by atoms with Crippen LogP contribution in [0.25, 0.3) is 67.8 Å². The SMILES string of the molecule is C[Si]1(C)c2ccc(-c3nc(-c4ccccc4)nc(-c4ccccc4)n3)cc2-c2cc(-c3nc4ccccc4o3)ccc21. The lowest BCUT2D eigenvalue weighted by atomic mass is 10.0. The molecule has 0 spiro atoms. The topological polar surface area (TPSA) is 64.7 Å². The molecule has 0 unspecified atom stereocenters. The van der Waals surface area contributed by atoms with Gasteiger partial charge in [0.05, 0.1) is 0 Å². The summed E-state index contributed by atoms with van der Waals surface area (Å²) in [6.07, 6.45) is 0. The summed E-state index contributed by atoms with van der Waals surface area (Å²) >= 11 is 0. The fraction of sp³-hybridized carbons (Fsp3) is 0.0556. The lowest BCUT2D eigenvalue weighted by molar-refractivity contribution is 0.620. The first-order chi connectivity index (χ1) is 20.5. The van der Waals surface area contributed by atoms with E-state index >= 15 is 0 Å². The summed E-state index contributed by atoms with van der Waals surface area (Å²) in [6.45, 7) is 4.83. The summed E-state index contributed by atoms with van der Waals surface area (Å²) in [4.78, 5) is 19.6. The second-order valence-corrected chi connectivity index (χ2v) is 15.5. The Hall–Kier alpha value is -5.20. The number of nitrogens with zero attached hydrogens (tertiary/aromatic N) is 4. The largest absolute Gasteiger partial charge is 0.436 e. The van der Waals surface area contributed by atoms with Crippen LogP contribution in [-0.2, 0) is 0 Å². The minimum absolute atomic E-state index is 0.639. The lowest BCUT2D eigenvalue weighted by Gasteiger charge is -2.18. The van der Waals surface area contributed by atoms with Crippen LogP contribution < -0.4 is 10.4 Å². The van der Waals surface area contributed by atoms with E-state index in [1.165, 1.54) is 21.5 Å². The van der Waals surface area contributed by atoms with Crippen molar-refractivity contribution in [1.82, 2.24) is 19.9 Å². The third kappa shape index (κ3) is 3.99. The third-order valence-corrected chi connectivity index (χ3v) is 11.7. The standard InChI is InChI=1S/C36H26N4OSi/c1-42(2)31-19-17-25(35-39-33(23-11-5-3-6-12-23)38-34(40-35)24-13-7-4-8-14-24)21-27(31)28-22-26(18-20-32(28)42)36-37-29-15-9-10-16-30(29)41-36/h3-22H,1-2H3. The van der Waals surface area contributed by atoms with Crippen LogP contribution in [0, 0.1) is 0 Å². The van der Waals surface area contributed by atoms with E-state index in [1.807, 2.05) is 84.9 Å². The number of para-hydroxylation sites is 2. The monoisotopic (exact) mass is 558 g/mol. The first kappa shape index (κ1) is 24.6. The van der Waals surface area contributed by atoms with Crippen LogP contribution in [0.1, 0.15) is 0 Å². The molecule has 0 atom stereocenters. The van der Waals surface area contributed by atoms with Gasteiger partial charge in [0.25, 0.3) is 0 Å². The van der Waals surface area contributed by atoms with Crippen molar-refractivity contribution in [1.29, 1.82) is 0 Å². The van der Waals surface area contributed by atoms with E-state index in [1.54, 1.807) is 0 Å². The minimum atomic E-state index is -1.89. The molecule has 0 saturated carbocycles. The first-order valence-corrected chi connectivity index (χ1v) is 17.1. The Balaban J connectivity index is 1.28. The molecule has 0 N–H and O–H groups in total. The molecule has 0 fully saturated rings. The predicted octanol–water partition coefficient (Wildman–Crippen LogP) is 7.48. The lowest BCUT2D eigenvalue weighted by Crippen LogP contribution is -2.49. The molecule has 5 nitrogen and oxygen atoms in total. The molecule has 5 aromatic carbocycles. The van der Waals surface area contributed by atoms with Crippen LogP contribution >= 0.6 is 0 Å². The Morgan fingerprint density at radius 2 is 0.976 bits per heavy atom. The smallest absolute Gasteiger partial charge is 0.227 e. The average Bonchev–Trinajstić information content (AvgIpc) is 3.58. The molecular formula is C36H26N4OSi. The Labute approximate surface area is 244 Å². The molecule has 0 bridgehead atoms. The highest BCUT2D eigenvalue weighted by atomic mass is 28.3. The number of hydrogen-bond acceptors (Lipinski definition) is 5. The maximum atomic E-state index is 6.13. The second kappa shape index (κ2) is 9.43. The van der Waals surface area contributed by atoms with Crippen molar-refractivity contribution in [2.24, 2.45) is 0 Å². The van der Waals surface area contributed by atoms with E-state index in [2.05, 4.69) is 49.5 Å². The zero-order valence-electron chi connectivity index (χ0n) is 23.2. The van der Waals surface area contributed by atoms with Gasteiger partial charge in [0.15, 0.2) is 23.1 Å². The van der Waals surface area contributed by atoms with Gasteiger partial charge in [0, 0.05) is 22.3 Å². The molecule has 0 amide bonds. The Morgan fingerprint density at radius 1 is 0.476 bits per heavy atom. The van der Waals surface area contributed by atoms with E-state index in [9.17, 15) is 0 Å². The highest BCUT2D eigenvalue weighted by Gasteiger charge is 2.38. The predicted molar refractivity (Wildman–Crippen MR) is 171 cm³/mol. The van der Waals surface area contributed by atoms with Gasteiger partial charge in [-0.3, -0.25) is 0 Å². The van der Waals surface area contributed by atoms with E-state index < -0.39 is 8.07 Å². The number of aromatic nitrogens is 4. The normalized spacial score (nSPS) is 13.2. The molecule has 0 saturated heterocycles. The Morgan fingerprint density at radius 3 is 1.57 bits per heavy atom. The minimum Gasteiger partial charge on any atom is -0.436 e. The van der Waals surface area contributed by atoms with Gasteiger partial charge in [-0.1, -0.05) is 104 Å². The van der Waals surface area contributed by atoms with Crippen molar-refractivity contribution < 1.29 is 4.42 Å². The summed E-state index contributed by atoms with van der Waals surface area (Å²) in [7, 11) is -1.89. The molecule has 0 aliphatic carbocycles. The van der Waals surface area contributed by atoms with Gasteiger partial charge in [0.1, 0.15) is 13.6 Å². The zero-order chi connectivity index (χ0) is 28.3. The summed E-state index contributed by atoms with van der Waals surface area (Å²) in [5.41, 5.74) is 8.00. The molecule has 7 aromatic rings. The first-order valence-electron chi connectivity index (χ1n) is 14.1. The quantitative estimate of drug-likeness (QED) is 0.210. The van der Waals surface area contributed by atoms with Gasteiger partial charge in [-0.15, -0.1) is 0 Å². The fourth-order valence-electron chi connectivity index (χ4n) is 5.97. The molecule has 3 heterocycles. The summed E-state index contributed by atoms with van der Waals surface area (Å²) < 4.78 is 6.13. The fourth-order valence-corrected chi connectivity index (χ4v) is 9.03. The number of rotatable bonds is 4. The van der Waals surface area contributed by atoms with E-state index in [-0.39, 0.29) is 0 Å². The molecule has 200 valence electrons. The van der Waals surface area contributed by atoms with Crippen molar-refractivity contribution in [3.63, 3.8) is 0 Å². The van der Waals surface area contributed by atoms with Gasteiger partial charge in [-0.25, -0.2) is 19.9 Å². The molecule has 2 aromatic heterocycles. The van der Waals surface area contributed by atoms with Crippen LogP contribution in [0.15, 0.2) is 126 Å². The maximum absolute atomic E-state index is 6.13. The molecule has 6 heteroatoms. The average molecular weight is 559 g/mol. The van der Waals surface area contributed by atoms with Crippen molar-refractivity contribution >= 4 is 29.5 Å². The Bertz CT molecular complexity index is 2030. The van der Waals surface area contributed by atoms with Gasteiger partial charge < -0.3 is 4.42 Å². The zero-order valence-corrected chi connectivity index (χ0v) is 24.2. The Kier molecular flexibility index (Phi) is 5.52. The van der Waals surface area contributed by atoms with Crippen LogP contribution in [-0.4, -0.2) is 28.0 Å². The van der Waals surface area contributed by atoms with Crippen molar-refractivity contribution in [2.45, 2.75) is 13.1 Å². The molecule has 1 aliphatic heterocycles. The van der Waals surface area contributed by atoms with E-state index in [0.717, 1.165) is 33.4 Å². The van der Waals surface area contributed by atoms with Gasteiger partial charge in [-0.2, -0.15) is 0 Å². The molecule has 0 radical (unpaired) electrons. The molecule has 8 rings (SSSR count). The highest BCUT2D eigenvalue weighted by Crippen LogP contribution is 2.35. The summed E-state index contributed by atoms with van der Waals surface area (Å²) in [5.74, 6) is 2.62. The van der Waals surface area contributed by atoms with Gasteiger partial charge >= 0.3 is 0 Å². The van der Waals surface area contributed by atoms with Crippen molar-refractivity contribution in [2.75, 3.05) is 0 Å². The van der Waals surface area contributed by atoms with Crippen molar-refractivity contribution in [3.05, 3.63) is 121 Å². The van der Waals surface area contributed by atoms with Crippen LogP contribution in [0.4, 0.5) is 0 Å². The highest BCUT2D eigenvalue weighted by molar-refractivity contribution is 7.03. The third-order valence-electron chi connectivity index (χ3n) is 8.17. The number of hydrogen-bond donors (Lipinski definition) is 0. The summed E-state index contributed by atoms with van der Waals surface area (Å²) in [5, 5.41) is 2.83. The van der Waals surface area contributed by atoms with Gasteiger partial charge in [0.2, 0.25) is 5.89 Å². The second-order valence-electron chi connectivity index (χ2n) is 11.2. The van der Waals surface area contributed by atoms with Crippen LogP contribution in [0.3, 0.4) is 0 Å². The molecule has 1 aliphatic rings. The van der Waals surface area contributed by atoms with Crippen LogP contribution in [0.2, 0.25) is 13.1 Å². The maximum Gasteiger partial charge on any atom is 0.227 e. The van der Waals surface area contributed by atoms with Crippen LogP contribution in [0.5, 0.6) is 0 Å². The number of benzene rings is 5.